The monoisotopic (exact) mass is 342 g/mol. The van der Waals surface area contributed by atoms with Crippen LogP contribution >= 0.6 is 11.8 Å². The number of aryl methyl sites for hydroxylation is 1. The molecular weight excluding hydrogens is 329 g/mol. The Hall–Kier alpha value is -2.35. The number of amides is 2. The summed E-state index contributed by atoms with van der Waals surface area (Å²) in [5, 5.41) is 14.5. The van der Waals surface area contributed by atoms with Crippen LogP contribution in [-0.4, -0.2) is 16.6 Å². The van der Waals surface area contributed by atoms with Crippen molar-refractivity contribution in [1.82, 2.24) is 0 Å². The molecule has 2 aromatic carbocycles. The summed E-state index contributed by atoms with van der Waals surface area (Å²) in [6, 6.07) is 9.57. The lowest BCUT2D eigenvalue weighted by molar-refractivity contribution is -0.0328. The lowest BCUT2D eigenvalue weighted by Gasteiger charge is -2.11. The quantitative estimate of drug-likeness (QED) is 0.546. The van der Waals surface area contributed by atoms with Gasteiger partial charge >= 0.3 is 11.5 Å². The van der Waals surface area contributed by atoms with Crippen molar-refractivity contribution >= 4 is 29.2 Å². The summed E-state index contributed by atoms with van der Waals surface area (Å²) >= 11 is -0.327. The van der Waals surface area contributed by atoms with E-state index in [9.17, 15) is 23.1 Å². The van der Waals surface area contributed by atoms with E-state index in [4.69, 9.17) is 0 Å². The maximum Gasteiger partial charge on any atom is 0.446 e. The van der Waals surface area contributed by atoms with Gasteiger partial charge in [0.2, 0.25) is 0 Å². The topological polar surface area (TPSA) is 61.4 Å². The predicted octanol–water partition coefficient (Wildman–Crippen LogP) is 4.96. The lowest BCUT2D eigenvalue weighted by atomic mass is 10.2. The van der Waals surface area contributed by atoms with E-state index in [1.807, 2.05) is 6.92 Å². The van der Waals surface area contributed by atoms with Crippen LogP contribution in [0, 0.1) is 6.92 Å². The van der Waals surface area contributed by atoms with Crippen molar-refractivity contribution < 1.29 is 23.1 Å². The number of halogens is 3. The minimum atomic E-state index is -4.45. The van der Waals surface area contributed by atoms with Crippen molar-refractivity contribution in [3.05, 3.63) is 48.0 Å². The first-order valence-electron chi connectivity index (χ1n) is 6.46. The normalized spacial score (nSPS) is 11.1. The minimum absolute atomic E-state index is 0.108. The van der Waals surface area contributed by atoms with Crippen LogP contribution in [-0.2, 0) is 0 Å². The number of benzene rings is 2. The highest BCUT2D eigenvalue weighted by molar-refractivity contribution is 8.00. The summed E-state index contributed by atoms with van der Waals surface area (Å²) in [4.78, 5) is 11.7. The number of carbonyl (C=O) groups excluding carboxylic acids is 1. The number of phenolic OH excluding ortho intramolecular Hbond substituents is 1. The Morgan fingerprint density at radius 1 is 1.09 bits per heavy atom. The van der Waals surface area contributed by atoms with E-state index in [1.54, 1.807) is 24.3 Å². The molecule has 23 heavy (non-hydrogen) atoms. The van der Waals surface area contributed by atoms with Gasteiger partial charge in [-0.25, -0.2) is 4.79 Å². The number of aromatic hydroxyl groups is 1. The molecule has 2 amide bonds. The smallest absolute Gasteiger partial charge is 0.446 e. The largest absolute Gasteiger partial charge is 0.506 e. The number of phenols is 1. The number of nitrogens with one attached hydrogen (secondary N) is 2. The summed E-state index contributed by atoms with van der Waals surface area (Å²) in [5.74, 6) is -0.324. The molecule has 0 saturated heterocycles. The van der Waals surface area contributed by atoms with Crippen LogP contribution in [0.4, 0.5) is 29.3 Å². The number of rotatable bonds is 3. The standard InChI is InChI=1S/C15H13F3N2O2S/c1-9-2-4-10(5-3-9)19-14(22)20-12-8-11(6-7-13(12)21)23-15(16,17)18/h2-8,21H,1H3,(H2,19,20,22). The van der Waals surface area contributed by atoms with Crippen molar-refractivity contribution in [1.29, 1.82) is 0 Å². The molecule has 0 bridgehead atoms. The van der Waals surface area contributed by atoms with Gasteiger partial charge in [0.15, 0.2) is 0 Å². The van der Waals surface area contributed by atoms with E-state index in [1.165, 1.54) is 0 Å². The molecule has 0 atom stereocenters. The molecule has 0 aromatic heterocycles. The van der Waals surface area contributed by atoms with Gasteiger partial charge < -0.3 is 15.7 Å². The van der Waals surface area contributed by atoms with E-state index in [2.05, 4.69) is 10.6 Å². The second-order valence-corrected chi connectivity index (χ2v) is 5.81. The Morgan fingerprint density at radius 3 is 2.35 bits per heavy atom. The first-order chi connectivity index (χ1) is 10.7. The van der Waals surface area contributed by atoms with Crippen LogP contribution < -0.4 is 10.6 Å². The maximum absolute atomic E-state index is 12.4. The third-order valence-electron chi connectivity index (χ3n) is 2.76. The number of hydrogen-bond acceptors (Lipinski definition) is 3. The SMILES string of the molecule is Cc1ccc(NC(=O)Nc2cc(SC(F)(F)F)ccc2O)cc1. The van der Waals surface area contributed by atoms with Gasteiger partial charge in [0.25, 0.3) is 0 Å². The molecule has 2 aromatic rings. The molecule has 8 heteroatoms. The molecule has 2 rings (SSSR count). The molecule has 0 aliphatic heterocycles. The summed E-state index contributed by atoms with van der Waals surface area (Å²) in [5.41, 5.74) is -3.01. The van der Waals surface area contributed by atoms with Gasteiger partial charge in [0, 0.05) is 10.6 Å². The van der Waals surface area contributed by atoms with E-state index in [0.717, 1.165) is 23.8 Å². The Balaban J connectivity index is 2.07. The maximum atomic E-state index is 12.4. The molecule has 0 aliphatic carbocycles. The fourth-order valence-electron chi connectivity index (χ4n) is 1.73. The first-order valence-corrected chi connectivity index (χ1v) is 7.28. The van der Waals surface area contributed by atoms with Crippen molar-refractivity contribution in [3.63, 3.8) is 0 Å². The van der Waals surface area contributed by atoms with Gasteiger partial charge in [0.05, 0.1) is 5.69 Å². The van der Waals surface area contributed by atoms with Crippen LogP contribution in [0.5, 0.6) is 5.75 Å². The van der Waals surface area contributed by atoms with Crippen LogP contribution in [0.25, 0.3) is 0 Å². The second kappa shape index (κ2) is 6.82. The average molecular weight is 342 g/mol. The molecule has 0 aliphatic rings. The highest BCUT2D eigenvalue weighted by Crippen LogP contribution is 2.39. The molecule has 0 spiro atoms. The van der Waals surface area contributed by atoms with Crippen LogP contribution in [0.2, 0.25) is 0 Å². The molecule has 3 N–H and O–H groups in total. The van der Waals surface area contributed by atoms with E-state index >= 15 is 0 Å². The molecule has 0 heterocycles. The zero-order valence-corrected chi connectivity index (χ0v) is 12.8. The molecule has 0 unspecified atom stereocenters. The van der Waals surface area contributed by atoms with Gasteiger partial charge in [-0.05, 0) is 49.0 Å². The summed E-state index contributed by atoms with van der Waals surface area (Å²) in [6.45, 7) is 1.89. The van der Waals surface area contributed by atoms with E-state index in [0.29, 0.717) is 5.69 Å². The zero-order valence-electron chi connectivity index (χ0n) is 11.9. The Labute approximate surface area is 134 Å². The average Bonchev–Trinajstić information content (AvgIpc) is 2.43. The molecule has 0 fully saturated rings. The van der Waals surface area contributed by atoms with Crippen molar-refractivity contribution in [2.75, 3.05) is 10.6 Å². The first kappa shape index (κ1) is 17.0. The van der Waals surface area contributed by atoms with E-state index in [-0.39, 0.29) is 28.1 Å². The predicted molar refractivity (Wildman–Crippen MR) is 83.8 cm³/mol. The zero-order chi connectivity index (χ0) is 17.0. The Kier molecular flexibility index (Phi) is 5.05. The Morgan fingerprint density at radius 2 is 1.74 bits per heavy atom. The molecule has 4 nitrogen and oxygen atoms in total. The molecule has 0 radical (unpaired) electrons. The third-order valence-corrected chi connectivity index (χ3v) is 3.48. The van der Waals surface area contributed by atoms with Crippen LogP contribution in [0.1, 0.15) is 5.56 Å². The third kappa shape index (κ3) is 5.41. The Bertz CT molecular complexity index is 703. The summed E-state index contributed by atoms with van der Waals surface area (Å²) in [6.07, 6.45) is 0. The number of anilines is 2. The highest BCUT2D eigenvalue weighted by Gasteiger charge is 2.29. The van der Waals surface area contributed by atoms with Crippen LogP contribution in [0.15, 0.2) is 47.4 Å². The fourth-order valence-corrected chi connectivity index (χ4v) is 2.31. The van der Waals surface area contributed by atoms with Crippen molar-refractivity contribution in [2.45, 2.75) is 17.3 Å². The summed E-state index contributed by atoms with van der Waals surface area (Å²) < 4.78 is 37.1. The molecule has 0 saturated carbocycles. The van der Waals surface area contributed by atoms with Crippen molar-refractivity contribution in [2.24, 2.45) is 0 Å². The second-order valence-electron chi connectivity index (χ2n) is 4.67. The fraction of sp³-hybridized carbons (Fsp3) is 0.133. The number of thioether (sulfide) groups is 1. The van der Waals surface area contributed by atoms with Crippen molar-refractivity contribution in [3.8, 4) is 5.75 Å². The van der Waals surface area contributed by atoms with Gasteiger partial charge in [-0.2, -0.15) is 13.2 Å². The number of hydrogen-bond donors (Lipinski definition) is 3. The highest BCUT2D eigenvalue weighted by atomic mass is 32.2. The van der Waals surface area contributed by atoms with Gasteiger partial charge in [-0.1, -0.05) is 17.7 Å². The van der Waals surface area contributed by atoms with E-state index < -0.39 is 11.5 Å². The minimum Gasteiger partial charge on any atom is -0.506 e. The number of alkyl halides is 3. The number of carbonyl (C=O) groups is 1. The lowest BCUT2D eigenvalue weighted by Crippen LogP contribution is -2.19. The molecule has 122 valence electrons. The van der Waals surface area contributed by atoms with Gasteiger partial charge in [-0.3, -0.25) is 0 Å². The van der Waals surface area contributed by atoms with Gasteiger partial charge in [-0.15, -0.1) is 0 Å². The van der Waals surface area contributed by atoms with Crippen LogP contribution in [0.3, 0.4) is 0 Å². The number of urea groups is 1. The van der Waals surface area contributed by atoms with Gasteiger partial charge in [0.1, 0.15) is 5.75 Å². The summed E-state index contributed by atoms with van der Waals surface area (Å²) in [7, 11) is 0. The molecular formula is C15H13F3N2O2S.